The van der Waals surface area contributed by atoms with Gasteiger partial charge in [-0.3, -0.25) is 9.48 Å². The fourth-order valence-electron chi connectivity index (χ4n) is 1.64. The van der Waals surface area contributed by atoms with Crippen LogP contribution in [0.5, 0.6) is 0 Å². The molecule has 102 valence electrons. The molecule has 5 nitrogen and oxygen atoms in total. The van der Waals surface area contributed by atoms with Crippen LogP contribution in [0.1, 0.15) is 25.1 Å². The Hall–Kier alpha value is -1.01. The SMILES string of the molecule is CCNCc1c(C)nn(C)c1SCC(=O)OCC. The minimum atomic E-state index is -0.184. The number of carbonyl (C=O) groups excluding carboxylic acids is 1. The lowest BCUT2D eigenvalue weighted by atomic mass is 10.2. The van der Waals surface area contributed by atoms with Gasteiger partial charge in [-0.1, -0.05) is 18.7 Å². The Morgan fingerprint density at radius 2 is 2.22 bits per heavy atom. The number of thioether (sulfide) groups is 1. The van der Waals surface area contributed by atoms with Crippen LogP contribution in [0.3, 0.4) is 0 Å². The number of aromatic nitrogens is 2. The zero-order valence-corrected chi connectivity index (χ0v) is 12.3. The van der Waals surface area contributed by atoms with Crippen LogP contribution in [0.4, 0.5) is 0 Å². The van der Waals surface area contributed by atoms with Gasteiger partial charge in [-0.2, -0.15) is 5.10 Å². The molecule has 6 heteroatoms. The Balaban J connectivity index is 2.71. The van der Waals surface area contributed by atoms with Crippen molar-refractivity contribution >= 4 is 17.7 Å². The Morgan fingerprint density at radius 3 is 2.83 bits per heavy atom. The third-order valence-electron chi connectivity index (χ3n) is 2.47. The average Bonchev–Trinajstić information content (AvgIpc) is 2.59. The highest BCUT2D eigenvalue weighted by Gasteiger charge is 2.15. The van der Waals surface area contributed by atoms with E-state index in [1.807, 2.05) is 25.6 Å². The van der Waals surface area contributed by atoms with Crippen LogP contribution >= 0.6 is 11.8 Å². The van der Waals surface area contributed by atoms with Gasteiger partial charge in [-0.05, 0) is 20.4 Å². The quantitative estimate of drug-likeness (QED) is 0.601. The van der Waals surface area contributed by atoms with Crippen LogP contribution < -0.4 is 5.32 Å². The predicted octanol–water partition coefficient (Wildman–Crippen LogP) is 1.49. The first-order valence-electron chi connectivity index (χ1n) is 6.11. The van der Waals surface area contributed by atoms with Crippen molar-refractivity contribution < 1.29 is 9.53 Å². The fourth-order valence-corrected chi connectivity index (χ4v) is 2.60. The summed E-state index contributed by atoms with van der Waals surface area (Å²) in [6.07, 6.45) is 0. The molecule has 1 aromatic heterocycles. The molecule has 0 aliphatic heterocycles. The Morgan fingerprint density at radius 1 is 1.50 bits per heavy atom. The summed E-state index contributed by atoms with van der Waals surface area (Å²) in [7, 11) is 1.90. The first-order chi connectivity index (χ1) is 8.60. The van der Waals surface area contributed by atoms with E-state index < -0.39 is 0 Å². The molecule has 0 spiro atoms. The normalized spacial score (nSPS) is 10.7. The van der Waals surface area contributed by atoms with Gasteiger partial charge in [-0.15, -0.1) is 0 Å². The molecule has 0 radical (unpaired) electrons. The number of hydrogen-bond donors (Lipinski definition) is 1. The lowest BCUT2D eigenvalue weighted by Gasteiger charge is -2.06. The Kier molecular flexibility index (Phi) is 6.21. The first-order valence-corrected chi connectivity index (χ1v) is 7.10. The molecule has 0 saturated heterocycles. The zero-order chi connectivity index (χ0) is 13.5. The third kappa shape index (κ3) is 4.03. The van der Waals surface area contributed by atoms with Crippen LogP contribution in [-0.4, -0.2) is 34.7 Å². The predicted molar refractivity (Wildman–Crippen MR) is 72.7 cm³/mol. The van der Waals surface area contributed by atoms with E-state index in [2.05, 4.69) is 17.3 Å². The molecular weight excluding hydrogens is 250 g/mol. The van der Waals surface area contributed by atoms with E-state index in [-0.39, 0.29) is 5.97 Å². The van der Waals surface area contributed by atoms with E-state index in [9.17, 15) is 4.79 Å². The van der Waals surface area contributed by atoms with E-state index in [0.717, 1.165) is 29.4 Å². The van der Waals surface area contributed by atoms with Crippen LogP contribution in [0.25, 0.3) is 0 Å². The monoisotopic (exact) mass is 271 g/mol. The molecule has 1 rings (SSSR count). The van der Waals surface area contributed by atoms with Crippen LogP contribution in [-0.2, 0) is 23.1 Å². The Bertz CT molecular complexity index is 404. The summed E-state index contributed by atoms with van der Waals surface area (Å²) in [4.78, 5) is 11.4. The molecule has 1 N–H and O–H groups in total. The first kappa shape index (κ1) is 15.0. The molecule has 0 aliphatic carbocycles. The standard InChI is InChI=1S/C12H21N3O2S/c1-5-13-7-10-9(3)14-15(4)12(10)18-8-11(16)17-6-2/h13H,5-8H2,1-4H3. The number of hydrogen-bond acceptors (Lipinski definition) is 5. The molecule has 0 fully saturated rings. The number of rotatable bonds is 7. The highest BCUT2D eigenvalue weighted by Crippen LogP contribution is 2.24. The van der Waals surface area contributed by atoms with E-state index in [0.29, 0.717) is 12.4 Å². The summed E-state index contributed by atoms with van der Waals surface area (Å²) in [6, 6.07) is 0. The number of ether oxygens (including phenoxy) is 1. The molecule has 0 bridgehead atoms. The van der Waals surface area contributed by atoms with Crippen LogP contribution in [0, 0.1) is 6.92 Å². The van der Waals surface area contributed by atoms with E-state index in [4.69, 9.17) is 4.74 Å². The fraction of sp³-hybridized carbons (Fsp3) is 0.667. The number of esters is 1. The summed E-state index contributed by atoms with van der Waals surface area (Å²) in [5, 5.41) is 8.71. The second-order valence-corrected chi connectivity index (χ2v) is 4.83. The molecule has 1 heterocycles. The molecular formula is C12H21N3O2S. The van der Waals surface area contributed by atoms with Gasteiger partial charge < -0.3 is 10.1 Å². The van der Waals surface area contributed by atoms with E-state index in [1.165, 1.54) is 11.8 Å². The number of nitrogens with zero attached hydrogens (tertiary/aromatic N) is 2. The summed E-state index contributed by atoms with van der Waals surface area (Å²) in [5.41, 5.74) is 2.17. The average molecular weight is 271 g/mol. The van der Waals surface area contributed by atoms with Crippen molar-refractivity contribution in [1.29, 1.82) is 0 Å². The molecule has 0 atom stereocenters. The van der Waals surface area contributed by atoms with Gasteiger partial charge in [0, 0.05) is 19.2 Å². The van der Waals surface area contributed by atoms with Crippen LogP contribution in [0.15, 0.2) is 5.03 Å². The van der Waals surface area contributed by atoms with Gasteiger partial charge >= 0.3 is 5.97 Å². The summed E-state index contributed by atoms with van der Waals surface area (Å²) in [5.74, 6) is 0.141. The molecule has 0 aliphatic rings. The molecule has 0 saturated carbocycles. The van der Waals surface area contributed by atoms with Crippen molar-refractivity contribution in [3.8, 4) is 0 Å². The lowest BCUT2D eigenvalue weighted by Crippen LogP contribution is -2.13. The van der Waals surface area contributed by atoms with Crippen molar-refractivity contribution in [1.82, 2.24) is 15.1 Å². The van der Waals surface area contributed by atoms with E-state index in [1.54, 1.807) is 0 Å². The van der Waals surface area contributed by atoms with Crippen LogP contribution in [0.2, 0.25) is 0 Å². The van der Waals surface area contributed by atoms with Gasteiger partial charge in [0.05, 0.1) is 23.1 Å². The van der Waals surface area contributed by atoms with Crippen molar-refractivity contribution in [3.63, 3.8) is 0 Å². The smallest absolute Gasteiger partial charge is 0.316 e. The second-order valence-electron chi connectivity index (χ2n) is 3.87. The summed E-state index contributed by atoms with van der Waals surface area (Å²) >= 11 is 1.48. The molecule has 0 aromatic carbocycles. The van der Waals surface area contributed by atoms with Gasteiger partial charge in [0.25, 0.3) is 0 Å². The number of carbonyl (C=O) groups is 1. The van der Waals surface area contributed by atoms with Gasteiger partial charge in [0.1, 0.15) is 0 Å². The van der Waals surface area contributed by atoms with Crippen molar-refractivity contribution in [3.05, 3.63) is 11.3 Å². The number of aryl methyl sites for hydroxylation is 2. The maximum atomic E-state index is 11.4. The largest absolute Gasteiger partial charge is 0.465 e. The Labute approximate surface area is 112 Å². The van der Waals surface area contributed by atoms with Crippen molar-refractivity contribution in [2.45, 2.75) is 32.3 Å². The molecule has 18 heavy (non-hydrogen) atoms. The molecule has 1 aromatic rings. The summed E-state index contributed by atoms with van der Waals surface area (Å²) < 4.78 is 6.75. The maximum Gasteiger partial charge on any atom is 0.316 e. The van der Waals surface area contributed by atoms with Crippen molar-refractivity contribution in [2.24, 2.45) is 7.05 Å². The maximum absolute atomic E-state index is 11.4. The summed E-state index contributed by atoms with van der Waals surface area (Å²) in [6.45, 7) is 7.98. The van der Waals surface area contributed by atoms with Gasteiger partial charge in [0.15, 0.2) is 0 Å². The van der Waals surface area contributed by atoms with E-state index >= 15 is 0 Å². The topological polar surface area (TPSA) is 56.2 Å². The molecule has 0 unspecified atom stereocenters. The van der Waals surface area contributed by atoms with Gasteiger partial charge in [0.2, 0.25) is 0 Å². The highest BCUT2D eigenvalue weighted by atomic mass is 32.2. The third-order valence-corrected chi connectivity index (χ3v) is 3.64. The minimum Gasteiger partial charge on any atom is -0.465 e. The van der Waals surface area contributed by atoms with Gasteiger partial charge in [-0.25, -0.2) is 0 Å². The zero-order valence-electron chi connectivity index (χ0n) is 11.4. The molecule has 0 amide bonds. The lowest BCUT2D eigenvalue weighted by molar-refractivity contribution is -0.139. The van der Waals surface area contributed by atoms with Crippen molar-refractivity contribution in [2.75, 3.05) is 18.9 Å². The second kappa shape index (κ2) is 7.43. The minimum absolute atomic E-state index is 0.184. The highest BCUT2D eigenvalue weighted by molar-refractivity contribution is 7.99. The number of nitrogens with one attached hydrogen (secondary N) is 1.